The van der Waals surface area contributed by atoms with Crippen LogP contribution in [0.5, 0.6) is 0 Å². The standard InChI is InChI=1S/C22H26O2/c1-20-9-6-18-16-4-3-14-13-15(23)5-11-21(14,2)17(16)7-12-22(18,20)19(24)8-10-20/h3,6H,4-5,7-13H2,1-2H3/t20-,21?,22?/m0/s1. The van der Waals surface area contributed by atoms with E-state index in [2.05, 4.69) is 26.0 Å². The maximum atomic E-state index is 13.0. The average molecular weight is 322 g/mol. The summed E-state index contributed by atoms with van der Waals surface area (Å²) in [7, 11) is 0. The summed E-state index contributed by atoms with van der Waals surface area (Å²) in [6.07, 6.45) is 12.9. The summed E-state index contributed by atoms with van der Waals surface area (Å²) in [5.74, 6) is 0.896. The van der Waals surface area contributed by atoms with Crippen LogP contribution in [0.2, 0.25) is 0 Å². The van der Waals surface area contributed by atoms with Crippen molar-refractivity contribution in [1.29, 1.82) is 0 Å². The molecular formula is C22H26O2. The molecule has 0 amide bonds. The largest absolute Gasteiger partial charge is 0.299 e. The Morgan fingerprint density at radius 2 is 1.79 bits per heavy atom. The van der Waals surface area contributed by atoms with Crippen molar-refractivity contribution < 1.29 is 9.59 Å². The third-order valence-corrected chi connectivity index (χ3v) is 8.28. The molecule has 2 unspecified atom stereocenters. The first-order chi connectivity index (χ1) is 11.4. The number of carbonyl (C=O) groups is 2. The third kappa shape index (κ3) is 1.49. The van der Waals surface area contributed by atoms with Gasteiger partial charge in [0.05, 0.1) is 5.41 Å². The summed E-state index contributed by atoms with van der Waals surface area (Å²) in [6, 6.07) is 0. The van der Waals surface area contributed by atoms with Gasteiger partial charge in [-0.15, -0.1) is 0 Å². The minimum Gasteiger partial charge on any atom is -0.299 e. The number of carbonyl (C=O) groups excluding carboxylic acids is 2. The van der Waals surface area contributed by atoms with Crippen molar-refractivity contribution in [1.82, 2.24) is 0 Å². The summed E-state index contributed by atoms with van der Waals surface area (Å²) in [6.45, 7) is 4.70. The van der Waals surface area contributed by atoms with E-state index in [-0.39, 0.29) is 16.2 Å². The smallest absolute Gasteiger partial charge is 0.143 e. The first kappa shape index (κ1) is 14.9. The molecule has 0 heterocycles. The first-order valence-corrected chi connectivity index (χ1v) is 9.59. The Kier molecular flexibility index (Phi) is 2.72. The zero-order chi connectivity index (χ0) is 16.7. The molecule has 2 heteroatoms. The molecule has 0 bridgehead atoms. The van der Waals surface area contributed by atoms with E-state index in [1.807, 2.05) is 0 Å². The Labute approximate surface area is 144 Å². The maximum absolute atomic E-state index is 13.0. The van der Waals surface area contributed by atoms with Crippen LogP contribution >= 0.6 is 0 Å². The first-order valence-electron chi connectivity index (χ1n) is 9.59. The molecule has 0 aromatic carbocycles. The summed E-state index contributed by atoms with van der Waals surface area (Å²) in [5.41, 5.74) is 5.83. The number of rotatable bonds is 0. The van der Waals surface area contributed by atoms with Crippen LogP contribution in [-0.4, -0.2) is 11.6 Å². The SMILES string of the molecule is CC12CCC(=O)CC1=CCC1=C2CCC23C(=O)CC[C@]2(C)CC=C13. The Balaban J connectivity index is 1.64. The van der Waals surface area contributed by atoms with Crippen molar-refractivity contribution in [2.45, 2.75) is 71.6 Å². The topological polar surface area (TPSA) is 34.1 Å². The van der Waals surface area contributed by atoms with Crippen molar-refractivity contribution in [3.63, 3.8) is 0 Å². The summed E-state index contributed by atoms with van der Waals surface area (Å²) < 4.78 is 0. The van der Waals surface area contributed by atoms with Crippen LogP contribution in [0.15, 0.2) is 34.4 Å². The van der Waals surface area contributed by atoms with Gasteiger partial charge in [-0.1, -0.05) is 37.1 Å². The van der Waals surface area contributed by atoms with Gasteiger partial charge < -0.3 is 0 Å². The molecule has 0 aromatic rings. The Bertz CT molecular complexity index is 780. The van der Waals surface area contributed by atoms with Crippen LogP contribution in [0.1, 0.15) is 71.6 Å². The molecule has 3 atom stereocenters. The van der Waals surface area contributed by atoms with Crippen molar-refractivity contribution >= 4 is 11.6 Å². The second-order valence-corrected chi connectivity index (χ2v) is 9.15. The van der Waals surface area contributed by atoms with E-state index in [0.717, 1.165) is 44.9 Å². The highest BCUT2D eigenvalue weighted by atomic mass is 16.1. The third-order valence-electron chi connectivity index (χ3n) is 8.28. The maximum Gasteiger partial charge on any atom is 0.143 e. The van der Waals surface area contributed by atoms with Crippen LogP contribution in [-0.2, 0) is 9.59 Å². The lowest BCUT2D eigenvalue weighted by Crippen LogP contribution is -2.43. The molecule has 0 aromatic heterocycles. The molecule has 2 saturated carbocycles. The number of fused-ring (bicyclic) bond motifs is 3. The molecule has 24 heavy (non-hydrogen) atoms. The van der Waals surface area contributed by atoms with Crippen LogP contribution in [0.4, 0.5) is 0 Å². The van der Waals surface area contributed by atoms with Gasteiger partial charge in [0, 0.05) is 24.7 Å². The van der Waals surface area contributed by atoms with Gasteiger partial charge >= 0.3 is 0 Å². The molecule has 0 N–H and O–H groups in total. The molecule has 5 aliphatic rings. The predicted octanol–water partition coefficient (Wildman–Crippen LogP) is 4.85. The number of ketones is 2. The zero-order valence-electron chi connectivity index (χ0n) is 14.8. The van der Waals surface area contributed by atoms with Gasteiger partial charge in [0.15, 0.2) is 0 Å². The van der Waals surface area contributed by atoms with Gasteiger partial charge in [-0.3, -0.25) is 9.59 Å². The quantitative estimate of drug-likeness (QED) is 0.597. The monoisotopic (exact) mass is 322 g/mol. The molecule has 0 saturated heterocycles. The number of Topliss-reactive ketones (excluding diaryl/α,β-unsaturated/α-hetero) is 2. The van der Waals surface area contributed by atoms with Gasteiger partial charge in [0.1, 0.15) is 11.6 Å². The van der Waals surface area contributed by atoms with Crippen molar-refractivity contribution in [3.8, 4) is 0 Å². The number of allylic oxidation sites excluding steroid dienone is 6. The van der Waals surface area contributed by atoms with E-state index in [0.29, 0.717) is 24.4 Å². The van der Waals surface area contributed by atoms with Crippen LogP contribution in [0.3, 0.4) is 0 Å². The van der Waals surface area contributed by atoms with Crippen LogP contribution in [0.25, 0.3) is 0 Å². The van der Waals surface area contributed by atoms with Gasteiger partial charge in [0.25, 0.3) is 0 Å². The number of hydrogen-bond acceptors (Lipinski definition) is 2. The van der Waals surface area contributed by atoms with Gasteiger partial charge in [-0.05, 0) is 55.1 Å². The summed E-state index contributed by atoms with van der Waals surface area (Å²) in [5, 5.41) is 0. The lowest BCUT2D eigenvalue weighted by Gasteiger charge is -2.50. The zero-order valence-corrected chi connectivity index (χ0v) is 14.8. The van der Waals surface area contributed by atoms with E-state index in [1.54, 1.807) is 5.57 Å². The van der Waals surface area contributed by atoms with E-state index < -0.39 is 0 Å². The second-order valence-electron chi connectivity index (χ2n) is 9.15. The summed E-state index contributed by atoms with van der Waals surface area (Å²) >= 11 is 0. The highest BCUT2D eigenvalue weighted by Gasteiger charge is 2.63. The minimum absolute atomic E-state index is 0.0740. The molecule has 0 aliphatic heterocycles. The lowest BCUT2D eigenvalue weighted by atomic mass is 9.53. The fourth-order valence-corrected chi connectivity index (χ4v) is 6.74. The molecule has 1 spiro atoms. The molecule has 0 radical (unpaired) electrons. The van der Waals surface area contributed by atoms with E-state index >= 15 is 0 Å². The lowest BCUT2D eigenvalue weighted by molar-refractivity contribution is -0.127. The fraction of sp³-hybridized carbons (Fsp3) is 0.636. The highest BCUT2D eigenvalue weighted by molar-refractivity contribution is 5.94. The molecule has 5 rings (SSSR count). The Morgan fingerprint density at radius 3 is 2.62 bits per heavy atom. The molecular weight excluding hydrogens is 296 g/mol. The van der Waals surface area contributed by atoms with Gasteiger partial charge in [-0.2, -0.15) is 0 Å². The van der Waals surface area contributed by atoms with Crippen molar-refractivity contribution in [3.05, 3.63) is 34.4 Å². The highest BCUT2D eigenvalue weighted by Crippen LogP contribution is 2.69. The van der Waals surface area contributed by atoms with Gasteiger partial charge in [-0.25, -0.2) is 0 Å². The van der Waals surface area contributed by atoms with E-state index in [1.165, 1.54) is 16.7 Å². The van der Waals surface area contributed by atoms with Gasteiger partial charge in [0.2, 0.25) is 0 Å². The van der Waals surface area contributed by atoms with Crippen LogP contribution in [0, 0.1) is 16.2 Å². The minimum atomic E-state index is -0.183. The predicted molar refractivity (Wildman–Crippen MR) is 93.4 cm³/mol. The number of hydrogen-bond donors (Lipinski definition) is 0. The fourth-order valence-electron chi connectivity index (χ4n) is 6.74. The normalized spacial score (nSPS) is 43.8. The molecule has 2 fully saturated rings. The van der Waals surface area contributed by atoms with Crippen LogP contribution < -0.4 is 0 Å². The molecule has 5 aliphatic carbocycles. The average Bonchev–Trinajstić information content (AvgIpc) is 2.99. The van der Waals surface area contributed by atoms with Crippen molar-refractivity contribution in [2.75, 3.05) is 0 Å². The Morgan fingerprint density at radius 1 is 0.958 bits per heavy atom. The molecule has 2 nitrogen and oxygen atoms in total. The Hall–Kier alpha value is -1.44. The van der Waals surface area contributed by atoms with E-state index in [4.69, 9.17) is 0 Å². The molecule has 126 valence electrons. The second kappa shape index (κ2) is 4.39. The summed E-state index contributed by atoms with van der Waals surface area (Å²) in [4.78, 5) is 24.9. The van der Waals surface area contributed by atoms with Crippen molar-refractivity contribution in [2.24, 2.45) is 16.2 Å². The van der Waals surface area contributed by atoms with E-state index in [9.17, 15) is 9.59 Å².